The lowest BCUT2D eigenvalue weighted by Gasteiger charge is -2.40. The van der Waals surface area contributed by atoms with Crippen LogP contribution < -0.4 is 4.74 Å². The minimum absolute atomic E-state index is 0.0479. The van der Waals surface area contributed by atoms with E-state index in [1.807, 2.05) is 23.1 Å². The number of pyridine rings is 1. The van der Waals surface area contributed by atoms with Gasteiger partial charge in [0.15, 0.2) is 0 Å². The van der Waals surface area contributed by atoms with Gasteiger partial charge in [0.1, 0.15) is 6.61 Å². The summed E-state index contributed by atoms with van der Waals surface area (Å²) in [5, 5.41) is 9.84. The zero-order chi connectivity index (χ0) is 26.6. The van der Waals surface area contributed by atoms with Gasteiger partial charge in [-0.2, -0.15) is 13.2 Å². The standard InChI is InChI=1S/C28H36F3N3O3/c1-27(2,28(29,30)31)19-34-14-4-3-6-23(34)18-37-25-13-12-22(16-32-25)20-8-10-21(11-9-20)26(36)33-15-5-7-24(35)17-33/h8-13,16,23-24,35H,3-7,14-15,17-19H2,1-2H3/t23?,24-/m1/s1. The summed E-state index contributed by atoms with van der Waals surface area (Å²) in [5.74, 6) is 0.349. The molecule has 0 saturated carbocycles. The van der Waals surface area contributed by atoms with Crippen molar-refractivity contribution in [2.45, 2.75) is 64.3 Å². The Balaban J connectivity index is 1.34. The molecule has 2 fully saturated rings. The van der Waals surface area contributed by atoms with Gasteiger partial charge in [0, 0.05) is 49.1 Å². The second kappa shape index (κ2) is 11.4. The molecule has 202 valence electrons. The Kier molecular flexibility index (Phi) is 8.43. The van der Waals surface area contributed by atoms with E-state index in [-0.39, 0.29) is 18.5 Å². The van der Waals surface area contributed by atoms with E-state index in [1.54, 1.807) is 29.3 Å². The van der Waals surface area contributed by atoms with E-state index in [0.717, 1.165) is 43.2 Å². The highest BCUT2D eigenvalue weighted by atomic mass is 19.4. The number of nitrogens with zero attached hydrogens (tertiary/aromatic N) is 3. The second-order valence-electron chi connectivity index (χ2n) is 10.8. The summed E-state index contributed by atoms with van der Waals surface area (Å²) in [6.45, 7) is 4.40. The van der Waals surface area contributed by atoms with Gasteiger partial charge in [-0.05, 0) is 69.8 Å². The maximum Gasteiger partial charge on any atom is 0.395 e. The zero-order valence-corrected chi connectivity index (χ0v) is 21.5. The molecule has 1 unspecified atom stereocenters. The van der Waals surface area contributed by atoms with Gasteiger partial charge >= 0.3 is 6.18 Å². The van der Waals surface area contributed by atoms with Crippen LogP contribution >= 0.6 is 0 Å². The number of carbonyl (C=O) groups is 1. The lowest BCUT2D eigenvalue weighted by molar-refractivity contribution is -0.219. The van der Waals surface area contributed by atoms with Crippen molar-refractivity contribution in [2.75, 3.05) is 32.8 Å². The van der Waals surface area contributed by atoms with Gasteiger partial charge in [-0.25, -0.2) is 4.98 Å². The van der Waals surface area contributed by atoms with Crippen LogP contribution in [0.3, 0.4) is 0 Å². The van der Waals surface area contributed by atoms with E-state index in [9.17, 15) is 23.1 Å². The first-order valence-electron chi connectivity index (χ1n) is 13.0. The van der Waals surface area contributed by atoms with Crippen LogP contribution in [0.25, 0.3) is 11.1 Å². The number of benzene rings is 1. The SMILES string of the molecule is CC(C)(CN1CCCCC1COc1ccc(-c2ccc(C(=O)N3CCC[C@@H](O)C3)cc2)cn1)C(F)(F)F. The Morgan fingerprint density at radius 3 is 2.41 bits per heavy atom. The van der Waals surface area contributed by atoms with Crippen molar-refractivity contribution in [1.29, 1.82) is 0 Å². The van der Waals surface area contributed by atoms with Crippen LogP contribution in [0.15, 0.2) is 42.6 Å². The Bertz CT molecular complexity index is 1040. The maximum atomic E-state index is 13.4. The summed E-state index contributed by atoms with van der Waals surface area (Å²) in [4.78, 5) is 20.7. The number of hydrogen-bond donors (Lipinski definition) is 1. The second-order valence-corrected chi connectivity index (χ2v) is 10.8. The average Bonchev–Trinajstić information content (AvgIpc) is 2.87. The van der Waals surface area contributed by atoms with Crippen molar-refractivity contribution in [3.05, 3.63) is 48.2 Å². The highest BCUT2D eigenvalue weighted by molar-refractivity contribution is 5.94. The number of halogens is 3. The van der Waals surface area contributed by atoms with Crippen molar-refractivity contribution in [1.82, 2.24) is 14.8 Å². The summed E-state index contributed by atoms with van der Waals surface area (Å²) in [5.41, 5.74) is 0.571. The normalized spacial score (nSPS) is 21.6. The smallest absolute Gasteiger partial charge is 0.395 e. The quantitative estimate of drug-likeness (QED) is 0.547. The number of aromatic nitrogens is 1. The molecule has 1 N–H and O–H groups in total. The van der Waals surface area contributed by atoms with E-state index in [1.165, 1.54) is 13.8 Å². The molecule has 3 heterocycles. The zero-order valence-electron chi connectivity index (χ0n) is 21.5. The molecular weight excluding hydrogens is 483 g/mol. The van der Waals surface area contributed by atoms with E-state index < -0.39 is 17.7 Å². The van der Waals surface area contributed by atoms with E-state index in [2.05, 4.69) is 4.98 Å². The predicted molar refractivity (Wildman–Crippen MR) is 135 cm³/mol. The van der Waals surface area contributed by atoms with Crippen LogP contribution in [0.4, 0.5) is 13.2 Å². The van der Waals surface area contributed by atoms with Crippen LogP contribution in [0.1, 0.15) is 56.3 Å². The molecule has 1 amide bonds. The predicted octanol–water partition coefficient (Wildman–Crippen LogP) is 5.17. The fourth-order valence-corrected chi connectivity index (χ4v) is 5.00. The number of hydrogen-bond acceptors (Lipinski definition) is 5. The van der Waals surface area contributed by atoms with Crippen LogP contribution in [0.5, 0.6) is 5.88 Å². The number of β-amino-alcohol motifs (C(OH)–C–C–N with tert-alkyl or cyclic N) is 1. The first-order chi connectivity index (χ1) is 17.5. The molecule has 1 aromatic carbocycles. The number of likely N-dealkylation sites (tertiary alicyclic amines) is 2. The number of amides is 1. The summed E-state index contributed by atoms with van der Waals surface area (Å²) in [7, 11) is 0. The summed E-state index contributed by atoms with van der Waals surface area (Å²) in [6.07, 6.45) is 1.17. The van der Waals surface area contributed by atoms with Crippen molar-refractivity contribution in [3.8, 4) is 17.0 Å². The number of aliphatic hydroxyl groups is 1. The third-order valence-electron chi connectivity index (χ3n) is 7.42. The molecular formula is C28H36F3N3O3. The maximum absolute atomic E-state index is 13.4. The van der Waals surface area contributed by atoms with Crippen molar-refractivity contribution in [2.24, 2.45) is 5.41 Å². The number of rotatable bonds is 7. The van der Waals surface area contributed by atoms with Crippen LogP contribution in [-0.2, 0) is 0 Å². The van der Waals surface area contributed by atoms with Gasteiger partial charge in [0.2, 0.25) is 5.88 Å². The van der Waals surface area contributed by atoms with Crippen molar-refractivity contribution in [3.63, 3.8) is 0 Å². The monoisotopic (exact) mass is 519 g/mol. The molecule has 0 bridgehead atoms. The third-order valence-corrected chi connectivity index (χ3v) is 7.42. The molecule has 0 radical (unpaired) electrons. The first-order valence-corrected chi connectivity index (χ1v) is 13.0. The minimum Gasteiger partial charge on any atom is -0.476 e. The van der Waals surface area contributed by atoms with Gasteiger partial charge in [0.25, 0.3) is 5.91 Å². The van der Waals surface area contributed by atoms with Crippen molar-refractivity contribution < 1.29 is 27.8 Å². The molecule has 37 heavy (non-hydrogen) atoms. The molecule has 2 aliphatic heterocycles. The molecule has 2 saturated heterocycles. The number of piperidine rings is 2. The molecule has 2 aromatic rings. The molecule has 2 aliphatic rings. The van der Waals surface area contributed by atoms with Crippen LogP contribution in [0.2, 0.25) is 0 Å². The first kappa shape index (κ1) is 27.4. The Labute approximate surface area is 216 Å². The summed E-state index contributed by atoms with van der Waals surface area (Å²) < 4.78 is 46.1. The highest BCUT2D eigenvalue weighted by Gasteiger charge is 2.48. The van der Waals surface area contributed by atoms with Crippen LogP contribution in [-0.4, -0.2) is 76.9 Å². The number of carbonyl (C=O) groups excluding carboxylic acids is 1. The van der Waals surface area contributed by atoms with E-state index in [0.29, 0.717) is 37.7 Å². The third kappa shape index (κ3) is 6.82. The molecule has 9 heteroatoms. The lowest BCUT2D eigenvalue weighted by Crippen LogP contribution is -2.50. The molecule has 0 aliphatic carbocycles. The topological polar surface area (TPSA) is 65.9 Å². The minimum atomic E-state index is -4.26. The molecule has 6 nitrogen and oxygen atoms in total. The fraction of sp³-hybridized carbons (Fsp3) is 0.571. The number of alkyl halides is 3. The van der Waals surface area contributed by atoms with E-state index >= 15 is 0 Å². The van der Waals surface area contributed by atoms with Gasteiger partial charge in [0.05, 0.1) is 11.5 Å². The number of ether oxygens (including phenoxy) is 1. The molecule has 1 aromatic heterocycles. The van der Waals surface area contributed by atoms with Crippen molar-refractivity contribution >= 4 is 5.91 Å². The molecule has 4 rings (SSSR count). The Hall–Kier alpha value is -2.65. The largest absolute Gasteiger partial charge is 0.476 e. The Morgan fingerprint density at radius 2 is 1.76 bits per heavy atom. The van der Waals surface area contributed by atoms with E-state index in [4.69, 9.17) is 4.74 Å². The fourth-order valence-electron chi connectivity index (χ4n) is 5.00. The van der Waals surface area contributed by atoms with Gasteiger partial charge in [-0.15, -0.1) is 0 Å². The lowest BCUT2D eigenvalue weighted by atomic mass is 9.89. The summed E-state index contributed by atoms with van der Waals surface area (Å²) in [6, 6.07) is 10.9. The highest BCUT2D eigenvalue weighted by Crippen LogP contribution is 2.39. The Morgan fingerprint density at radius 1 is 1.03 bits per heavy atom. The van der Waals surface area contributed by atoms with Gasteiger partial charge in [-0.1, -0.05) is 18.6 Å². The molecule has 2 atom stereocenters. The average molecular weight is 520 g/mol. The molecule has 0 spiro atoms. The summed E-state index contributed by atoms with van der Waals surface area (Å²) >= 11 is 0. The van der Waals surface area contributed by atoms with Crippen LogP contribution in [0, 0.1) is 5.41 Å². The number of aliphatic hydroxyl groups excluding tert-OH is 1. The van der Waals surface area contributed by atoms with Gasteiger partial charge < -0.3 is 14.7 Å². The van der Waals surface area contributed by atoms with Gasteiger partial charge in [-0.3, -0.25) is 9.69 Å².